The fourth-order valence-electron chi connectivity index (χ4n) is 0. The topological polar surface area (TPSA) is 141 Å². The monoisotopic (exact) mass is 272 g/mol. The van der Waals surface area contributed by atoms with Crippen LogP contribution in [0.3, 0.4) is 0 Å². The maximum atomic E-state index is 8.74. The van der Waals surface area contributed by atoms with Crippen molar-refractivity contribution in [2.24, 2.45) is 0 Å². The molecule has 11 heavy (non-hydrogen) atoms. The molecule has 0 aromatic heterocycles. The van der Waals surface area contributed by atoms with Gasteiger partial charge in [-0.15, -0.1) is 0 Å². The van der Waals surface area contributed by atoms with Crippen molar-refractivity contribution < 1.29 is 56.7 Å². The maximum Gasteiger partial charge on any atom is 0.394 e. The summed E-state index contributed by atoms with van der Waals surface area (Å²) in [5, 5.41) is 14.8. The van der Waals surface area contributed by atoms with E-state index >= 15 is 0 Å². The van der Waals surface area contributed by atoms with Crippen molar-refractivity contribution in [2.75, 3.05) is 0 Å². The first-order valence-corrected chi connectivity index (χ1v) is 2.64. The van der Waals surface area contributed by atoms with E-state index in [1.807, 2.05) is 0 Å². The van der Waals surface area contributed by atoms with Gasteiger partial charge in [-0.05, 0) is 0 Å². The maximum absolute atomic E-state index is 8.74. The molecule has 0 amide bonds. The van der Waals surface area contributed by atoms with E-state index < -0.39 is 15.5 Å². The summed E-state index contributed by atoms with van der Waals surface area (Å²) in [7, 11) is -4.67. The molecule has 0 radical (unpaired) electrons. The Morgan fingerprint density at radius 1 is 1.09 bits per heavy atom. The van der Waals surface area contributed by atoms with E-state index in [0.29, 0.717) is 0 Å². The van der Waals surface area contributed by atoms with E-state index in [1.165, 1.54) is 0 Å². The van der Waals surface area contributed by atoms with Crippen molar-refractivity contribution in [3.05, 3.63) is 15.3 Å². The van der Waals surface area contributed by atoms with E-state index in [0.717, 1.165) is 0 Å². The van der Waals surface area contributed by atoms with E-state index in [-0.39, 0.29) is 34.1 Å². The van der Waals surface area contributed by atoms with Crippen molar-refractivity contribution in [1.82, 2.24) is 0 Å². The Hall–Kier alpha value is 0.109. The van der Waals surface area contributed by atoms with Gasteiger partial charge < -0.3 is 15.3 Å². The zero-order valence-electron chi connectivity index (χ0n) is 4.50. The van der Waals surface area contributed by atoms with Gasteiger partial charge in [0.25, 0.3) is 0 Å². The van der Waals surface area contributed by atoms with Crippen LogP contribution in [0, 0.1) is 15.3 Å². The van der Waals surface area contributed by atoms with Gasteiger partial charge in [-0.1, -0.05) is 0 Å². The molecule has 11 heteroatoms. The summed E-state index contributed by atoms with van der Waals surface area (Å²) in [5.74, 6) is 0. The molecule has 0 aliphatic heterocycles. The minimum atomic E-state index is -4.67. The van der Waals surface area contributed by atoms with Crippen LogP contribution in [-0.2, 0) is 44.5 Å². The van der Waals surface area contributed by atoms with Crippen LogP contribution < -0.4 is 0 Å². The fraction of sp³-hybridized carbons (Fsp3) is 0. The predicted octanol–water partition coefficient (Wildman–Crippen LogP) is -0.897. The number of nitrogens with zero attached hydrogens (tertiary/aromatic N) is 1. The quantitative estimate of drug-likeness (QED) is 0.252. The molecular weight excluding hydrogens is 270 g/mol. The molecule has 0 unspecified atom stereocenters. The second kappa shape index (κ2) is 10.1. The van der Waals surface area contributed by atoms with Gasteiger partial charge in [-0.25, -0.2) is 0 Å². The molecule has 8 nitrogen and oxygen atoms in total. The summed E-state index contributed by atoms with van der Waals surface area (Å²) in [6.07, 6.45) is 0. The number of hydrogen-bond acceptors (Lipinski definition) is 5. The first-order chi connectivity index (χ1) is 3.73. The fourth-order valence-corrected chi connectivity index (χ4v) is 0. The third-order valence-corrected chi connectivity index (χ3v) is 0. The van der Waals surface area contributed by atoms with Crippen LogP contribution >= 0.6 is 0 Å². The van der Waals surface area contributed by atoms with Crippen LogP contribution in [0.4, 0.5) is 0 Å². The molecule has 0 rings (SSSR count). The average Bonchev–Trinajstić information content (AvgIpc) is 1.19. The van der Waals surface area contributed by atoms with Gasteiger partial charge in [0.2, 0.25) is 0 Å². The summed E-state index contributed by atoms with van der Waals surface area (Å²) in [4.78, 5) is 8.25. The zero-order chi connectivity index (χ0) is 8.08. The molecule has 0 fully saturated rings. The Morgan fingerprint density at radius 3 is 1.09 bits per heavy atom. The van der Waals surface area contributed by atoms with Crippen LogP contribution in [0.2, 0.25) is 0 Å². The van der Waals surface area contributed by atoms with E-state index in [9.17, 15) is 0 Å². The first kappa shape index (κ1) is 22.5. The molecule has 0 spiro atoms. The third-order valence-electron chi connectivity index (χ3n) is 0. The van der Waals surface area contributed by atoms with Crippen LogP contribution in [0.25, 0.3) is 0 Å². The molecular formula is H2Fe2NO7S-. The van der Waals surface area contributed by atoms with Crippen molar-refractivity contribution >= 4 is 10.4 Å². The zero-order valence-corrected chi connectivity index (χ0v) is 7.52. The van der Waals surface area contributed by atoms with Crippen LogP contribution in [-0.4, -0.2) is 22.6 Å². The molecule has 0 bridgehead atoms. The van der Waals surface area contributed by atoms with Crippen molar-refractivity contribution in [1.29, 1.82) is 0 Å². The van der Waals surface area contributed by atoms with Gasteiger partial charge in [0.1, 0.15) is 0 Å². The first-order valence-electron chi connectivity index (χ1n) is 1.25. The van der Waals surface area contributed by atoms with Crippen molar-refractivity contribution in [2.45, 2.75) is 0 Å². The normalized spacial score (nSPS) is 7.45. The van der Waals surface area contributed by atoms with Crippen LogP contribution in [0.1, 0.15) is 0 Å². The predicted molar refractivity (Wildman–Crippen MR) is 24.5 cm³/mol. The molecule has 0 aromatic rings. The molecule has 0 heterocycles. The van der Waals surface area contributed by atoms with E-state index in [1.54, 1.807) is 0 Å². The summed E-state index contributed by atoms with van der Waals surface area (Å²) in [6.45, 7) is 0. The molecule has 2 N–H and O–H groups in total. The van der Waals surface area contributed by atoms with Gasteiger partial charge >= 0.3 is 10.4 Å². The van der Waals surface area contributed by atoms with Gasteiger partial charge in [-0.2, -0.15) is 8.42 Å². The van der Waals surface area contributed by atoms with Gasteiger partial charge in [-0.3, -0.25) is 9.11 Å². The van der Waals surface area contributed by atoms with Crippen molar-refractivity contribution in [3.8, 4) is 0 Å². The second-order valence-corrected chi connectivity index (χ2v) is 1.57. The molecule has 0 aromatic carbocycles. The Morgan fingerprint density at radius 2 is 1.09 bits per heavy atom. The number of hydrogen-bond donors (Lipinski definition) is 2. The molecule has 0 aliphatic carbocycles. The Bertz CT molecular complexity index is 159. The average molecular weight is 272 g/mol. The van der Waals surface area contributed by atoms with E-state index in [4.69, 9.17) is 32.8 Å². The molecule has 0 saturated heterocycles. The smallest absolute Gasteiger partial charge is 0.356 e. The SMILES string of the molecule is O=S(=O)(O)O.O=[N+]([O-])[O-].[Fe].[Fe]. The van der Waals surface area contributed by atoms with Gasteiger partial charge in [0.15, 0.2) is 0 Å². The van der Waals surface area contributed by atoms with E-state index in [2.05, 4.69) is 0 Å². The second-order valence-electron chi connectivity index (χ2n) is 0.671. The molecule has 0 atom stereocenters. The number of rotatable bonds is 0. The molecule has 0 saturated carbocycles. The summed E-state index contributed by atoms with van der Waals surface area (Å²) in [5.41, 5.74) is 0. The summed E-state index contributed by atoms with van der Waals surface area (Å²) < 4.78 is 31.6. The minimum Gasteiger partial charge on any atom is -0.356 e. The Kier molecular flexibility index (Phi) is 20.6. The Labute approximate surface area is 82.6 Å². The molecule has 0 aliphatic rings. The molecule has 72 valence electrons. The van der Waals surface area contributed by atoms with Crippen LogP contribution in [0.15, 0.2) is 0 Å². The largest absolute Gasteiger partial charge is 0.394 e. The van der Waals surface area contributed by atoms with Gasteiger partial charge in [0, 0.05) is 34.1 Å². The Balaban J connectivity index is -0.0000000383. The summed E-state index contributed by atoms with van der Waals surface area (Å²) >= 11 is 0. The standard InChI is InChI=1S/2Fe.NO3.H2O4S/c;;2-1(3)4;1-5(2,3)4/h;;;(H2,1,2,3,4)/q;;-1;. The van der Waals surface area contributed by atoms with Crippen LogP contribution in [0.5, 0.6) is 0 Å². The van der Waals surface area contributed by atoms with Crippen molar-refractivity contribution in [3.63, 3.8) is 0 Å². The summed E-state index contributed by atoms with van der Waals surface area (Å²) in [6, 6.07) is 0. The third kappa shape index (κ3) is 56000. The van der Waals surface area contributed by atoms with Gasteiger partial charge in [0.05, 0.1) is 5.09 Å². The minimum absolute atomic E-state index is 0.